The molecule has 0 bridgehead atoms. The zero-order chi connectivity index (χ0) is 17.4. The molecule has 0 saturated carbocycles. The van der Waals surface area contributed by atoms with E-state index in [9.17, 15) is 4.79 Å². The van der Waals surface area contributed by atoms with Gasteiger partial charge in [-0.25, -0.2) is 4.79 Å². The van der Waals surface area contributed by atoms with E-state index < -0.39 is 0 Å². The second kappa shape index (κ2) is 6.87. The third-order valence-corrected chi connectivity index (χ3v) is 6.81. The molecule has 0 aromatic carbocycles. The number of thiophene rings is 1. The van der Waals surface area contributed by atoms with Crippen molar-refractivity contribution in [2.45, 2.75) is 65.0 Å². The van der Waals surface area contributed by atoms with Crippen molar-refractivity contribution in [3.8, 4) is 5.00 Å². The average Bonchev–Trinajstić information content (AvgIpc) is 3.22. The van der Waals surface area contributed by atoms with Crippen molar-refractivity contribution in [1.82, 2.24) is 14.8 Å². The van der Waals surface area contributed by atoms with Gasteiger partial charge in [-0.2, -0.15) is 0 Å². The Kier molecular flexibility index (Phi) is 4.59. The van der Waals surface area contributed by atoms with Crippen molar-refractivity contribution in [2.24, 2.45) is 0 Å². The van der Waals surface area contributed by atoms with Gasteiger partial charge in [0, 0.05) is 28.9 Å². The van der Waals surface area contributed by atoms with Crippen LogP contribution in [0.15, 0.2) is 18.3 Å². The van der Waals surface area contributed by atoms with E-state index in [1.165, 1.54) is 47.5 Å². The quantitative estimate of drug-likeness (QED) is 0.841. The fourth-order valence-corrected chi connectivity index (χ4v) is 5.65. The molecule has 4 nitrogen and oxygen atoms in total. The van der Waals surface area contributed by atoms with E-state index in [-0.39, 0.29) is 12.1 Å². The van der Waals surface area contributed by atoms with Gasteiger partial charge >= 0.3 is 6.03 Å². The molecule has 4 rings (SSSR count). The molecule has 2 aliphatic rings. The first-order chi connectivity index (χ1) is 12.2. The predicted octanol–water partition coefficient (Wildman–Crippen LogP) is 4.80. The molecule has 3 heterocycles. The average molecular weight is 358 g/mol. The van der Waals surface area contributed by atoms with Gasteiger partial charge in [-0.3, -0.25) is 0 Å². The van der Waals surface area contributed by atoms with E-state index in [1.54, 1.807) is 4.88 Å². The lowest BCUT2D eigenvalue weighted by atomic mass is 9.95. The van der Waals surface area contributed by atoms with Crippen molar-refractivity contribution in [2.75, 3.05) is 6.54 Å². The van der Waals surface area contributed by atoms with Gasteiger partial charge in [0.15, 0.2) is 0 Å². The van der Waals surface area contributed by atoms with Crippen LogP contribution in [0.5, 0.6) is 0 Å². The number of fused-ring (bicyclic) bond motifs is 5. The minimum atomic E-state index is 0.0741. The normalized spacial score (nSPS) is 19.0. The Hall–Kier alpha value is -1.75. The van der Waals surface area contributed by atoms with Crippen LogP contribution in [0.1, 0.15) is 67.3 Å². The monoisotopic (exact) mass is 357 g/mol. The minimum Gasteiger partial charge on any atom is -0.338 e. The molecule has 0 spiro atoms. The first-order valence-corrected chi connectivity index (χ1v) is 10.4. The fraction of sp³-hybridized carbons (Fsp3) is 0.550. The summed E-state index contributed by atoms with van der Waals surface area (Å²) in [4.78, 5) is 16.5. The van der Waals surface area contributed by atoms with E-state index in [2.05, 4.69) is 47.0 Å². The van der Waals surface area contributed by atoms with Crippen molar-refractivity contribution in [3.63, 3.8) is 0 Å². The number of amides is 2. The van der Waals surface area contributed by atoms with Crippen LogP contribution in [-0.2, 0) is 19.4 Å². The highest BCUT2D eigenvalue weighted by molar-refractivity contribution is 7.15. The second-order valence-electron chi connectivity index (χ2n) is 7.08. The highest BCUT2D eigenvalue weighted by Crippen LogP contribution is 2.42. The predicted molar refractivity (Wildman–Crippen MR) is 103 cm³/mol. The van der Waals surface area contributed by atoms with Crippen molar-refractivity contribution in [1.29, 1.82) is 0 Å². The lowest BCUT2D eigenvalue weighted by Gasteiger charge is -2.30. The Balaban J connectivity index is 1.81. The second-order valence-corrected chi connectivity index (χ2v) is 8.17. The largest absolute Gasteiger partial charge is 0.338 e. The Morgan fingerprint density at radius 2 is 2.12 bits per heavy atom. The molecule has 2 aromatic rings. The molecular formula is C20H27N3OS. The molecule has 0 saturated heterocycles. The molecular weight excluding hydrogens is 330 g/mol. The van der Waals surface area contributed by atoms with E-state index in [0.717, 1.165) is 25.9 Å². The van der Waals surface area contributed by atoms with E-state index in [1.807, 2.05) is 11.3 Å². The van der Waals surface area contributed by atoms with Gasteiger partial charge in [-0.05, 0) is 56.2 Å². The molecule has 25 heavy (non-hydrogen) atoms. The number of urea groups is 1. The highest BCUT2D eigenvalue weighted by atomic mass is 32.1. The van der Waals surface area contributed by atoms with Crippen molar-refractivity contribution < 1.29 is 4.79 Å². The van der Waals surface area contributed by atoms with Crippen molar-refractivity contribution in [3.05, 3.63) is 40.0 Å². The third-order valence-electron chi connectivity index (χ3n) is 5.48. The lowest BCUT2D eigenvalue weighted by Crippen LogP contribution is -2.41. The molecule has 5 heteroatoms. The standard InChI is InChI=1S/C20H27N3OS/c1-3-11-21-20(24)23-13-15-14-8-5-6-10-18(14)25-19(15)22-12-7-9-17(22)16(23)4-2/h7,9,12,16H,3-6,8,10-11,13H2,1-2H3,(H,21,24)/t16-/m1/s1. The number of carbonyl (C=O) groups excluding carboxylic acids is 1. The topological polar surface area (TPSA) is 37.3 Å². The zero-order valence-corrected chi connectivity index (χ0v) is 16.0. The molecule has 0 radical (unpaired) electrons. The summed E-state index contributed by atoms with van der Waals surface area (Å²) in [5, 5.41) is 4.44. The summed E-state index contributed by atoms with van der Waals surface area (Å²) in [6.07, 6.45) is 9.00. The van der Waals surface area contributed by atoms with Crippen LogP contribution in [-0.4, -0.2) is 22.0 Å². The third kappa shape index (κ3) is 2.78. The number of rotatable bonds is 3. The van der Waals surface area contributed by atoms with Crippen LogP contribution in [0.25, 0.3) is 5.00 Å². The molecule has 1 aliphatic heterocycles. The van der Waals surface area contributed by atoms with E-state index in [0.29, 0.717) is 0 Å². The number of nitrogens with one attached hydrogen (secondary N) is 1. The SMILES string of the molecule is CCCNC(=O)N1Cc2c(sc3c2CCCC3)-n2cccc2[C@H]1CC. The number of carbonyl (C=O) groups is 1. The molecule has 0 fully saturated rings. The van der Waals surface area contributed by atoms with Gasteiger partial charge in [0.05, 0.1) is 12.6 Å². The van der Waals surface area contributed by atoms with Gasteiger partial charge in [0.2, 0.25) is 0 Å². The summed E-state index contributed by atoms with van der Waals surface area (Å²) in [6.45, 7) is 5.74. The summed E-state index contributed by atoms with van der Waals surface area (Å²) >= 11 is 1.95. The van der Waals surface area contributed by atoms with Crippen LogP contribution in [0, 0.1) is 0 Å². The Morgan fingerprint density at radius 3 is 2.92 bits per heavy atom. The van der Waals surface area contributed by atoms with Gasteiger partial charge in [0.25, 0.3) is 0 Å². The van der Waals surface area contributed by atoms with Crippen LogP contribution < -0.4 is 5.32 Å². The first kappa shape index (κ1) is 16.7. The van der Waals surface area contributed by atoms with Gasteiger partial charge in [-0.1, -0.05) is 13.8 Å². The number of aryl methyl sites for hydroxylation is 1. The molecule has 1 aliphatic carbocycles. The summed E-state index contributed by atoms with van der Waals surface area (Å²) < 4.78 is 2.35. The van der Waals surface area contributed by atoms with E-state index >= 15 is 0 Å². The van der Waals surface area contributed by atoms with E-state index in [4.69, 9.17) is 0 Å². The lowest BCUT2D eigenvalue weighted by molar-refractivity contribution is 0.168. The molecule has 1 atom stereocenters. The number of hydrogen-bond acceptors (Lipinski definition) is 2. The summed E-state index contributed by atoms with van der Waals surface area (Å²) in [5.74, 6) is 0. The summed E-state index contributed by atoms with van der Waals surface area (Å²) in [6, 6.07) is 4.51. The first-order valence-electron chi connectivity index (χ1n) is 9.60. The van der Waals surface area contributed by atoms with Gasteiger partial charge < -0.3 is 14.8 Å². The summed E-state index contributed by atoms with van der Waals surface area (Å²) in [5.41, 5.74) is 4.15. The fourth-order valence-electron chi connectivity index (χ4n) is 4.24. The highest BCUT2D eigenvalue weighted by Gasteiger charge is 2.33. The Morgan fingerprint density at radius 1 is 1.28 bits per heavy atom. The number of hydrogen-bond donors (Lipinski definition) is 1. The maximum Gasteiger partial charge on any atom is 0.318 e. The molecule has 1 N–H and O–H groups in total. The van der Waals surface area contributed by atoms with Crippen LogP contribution in [0.2, 0.25) is 0 Å². The van der Waals surface area contributed by atoms with Gasteiger partial charge in [0.1, 0.15) is 5.00 Å². The smallest absolute Gasteiger partial charge is 0.318 e. The Labute approximate surface area is 153 Å². The zero-order valence-electron chi connectivity index (χ0n) is 15.2. The molecule has 2 amide bonds. The van der Waals surface area contributed by atoms with Crippen LogP contribution in [0.3, 0.4) is 0 Å². The molecule has 2 aromatic heterocycles. The summed E-state index contributed by atoms with van der Waals surface area (Å²) in [7, 11) is 0. The van der Waals surface area contributed by atoms with Crippen molar-refractivity contribution >= 4 is 17.4 Å². The number of aromatic nitrogens is 1. The van der Waals surface area contributed by atoms with Gasteiger partial charge in [-0.15, -0.1) is 11.3 Å². The Bertz CT molecular complexity index is 776. The van der Waals surface area contributed by atoms with Crippen LogP contribution in [0.4, 0.5) is 4.79 Å². The number of nitrogens with zero attached hydrogens (tertiary/aromatic N) is 2. The minimum absolute atomic E-state index is 0.0741. The maximum atomic E-state index is 12.9. The van der Waals surface area contributed by atoms with Crippen LogP contribution >= 0.6 is 11.3 Å². The maximum absolute atomic E-state index is 12.9. The molecule has 134 valence electrons. The molecule has 0 unspecified atom stereocenters.